The van der Waals surface area contributed by atoms with Crippen LogP contribution >= 0.6 is 11.3 Å². The number of hydrogen-bond donors (Lipinski definition) is 1. The van der Waals surface area contributed by atoms with Gasteiger partial charge in [0.15, 0.2) is 0 Å². The lowest BCUT2D eigenvalue weighted by Crippen LogP contribution is -2.12. The Kier molecular flexibility index (Phi) is 3.71. The van der Waals surface area contributed by atoms with Crippen LogP contribution in [0, 0.1) is 6.92 Å². The number of aromatic amines is 1. The molecule has 2 aromatic rings. The Labute approximate surface area is 103 Å². The van der Waals surface area contributed by atoms with Gasteiger partial charge < -0.3 is 9.72 Å². The van der Waals surface area contributed by atoms with Crippen LogP contribution in [0.1, 0.15) is 18.3 Å². The number of ether oxygens (including phenoxy) is 1. The lowest BCUT2D eigenvalue weighted by atomic mass is 10.2. The fourth-order valence-electron chi connectivity index (χ4n) is 1.53. The summed E-state index contributed by atoms with van der Waals surface area (Å²) in [5, 5.41) is 2.00. The summed E-state index contributed by atoms with van der Waals surface area (Å²) in [4.78, 5) is 19.7. The van der Waals surface area contributed by atoms with Gasteiger partial charge in [0, 0.05) is 12.7 Å². The van der Waals surface area contributed by atoms with Crippen molar-refractivity contribution in [2.24, 2.45) is 0 Å². The summed E-state index contributed by atoms with van der Waals surface area (Å²) in [5.74, 6) is 0.571. The third-order valence-electron chi connectivity index (χ3n) is 2.33. The van der Waals surface area contributed by atoms with E-state index in [2.05, 4.69) is 9.97 Å². The molecule has 4 nitrogen and oxygen atoms in total. The molecule has 0 bridgehead atoms. The first kappa shape index (κ1) is 12.0. The van der Waals surface area contributed by atoms with Crippen molar-refractivity contribution in [2.45, 2.75) is 20.5 Å². The largest absolute Gasteiger partial charge is 0.374 e. The van der Waals surface area contributed by atoms with Crippen molar-refractivity contribution in [3.8, 4) is 10.6 Å². The van der Waals surface area contributed by atoms with Gasteiger partial charge in [-0.05, 0) is 30.9 Å². The van der Waals surface area contributed by atoms with E-state index in [0.717, 1.165) is 16.1 Å². The van der Waals surface area contributed by atoms with Crippen molar-refractivity contribution in [1.82, 2.24) is 9.97 Å². The zero-order chi connectivity index (χ0) is 12.3. The van der Waals surface area contributed by atoms with E-state index in [1.54, 1.807) is 11.3 Å². The molecule has 0 aromatic carbocycles. The molecule has 0 amide bonds. The molecule has 0 radical (unpaired) electrons. The Morgan fingerprint density at radius 1 is 1.53 bits per heavy atom. The van der Waals surface area contributed by atoms with Crippen LogP contribution in [-0.2, 0) is 11.3 Å². The zero-order valence-electron chi connectivity index (χ0n) is 9.82. The molecule has 0 saturated heterocycles. The highest BCUT2D eigenvalue weighted by atomic mass is 32.1. The molecule has 2 aromatic heterocycles. The molecule has 0 saturated carbocycles. The van der Waals surface area contributed by atoms with Gasteiger partial charge in [0.2, 0.25) is 0 Å². The van der Waals surface area contributed by atoms with Crippen LogP contribution in [0.2, 0.25) is 0 Å². The van der Waals surface area contributed by atoms with Crippen LogP contribution in [0.25, 0.3) is 10.6 Å². The summed E-state index contributed by atoms with van der Waals surface area (Å²) < 4.78 is 5.25. The van der Waals surface area contributed by atoms with E-state index in [9.17, 15) is 4.79 Å². The zero-order valence-corrected chi connectivity index (χ0v) is 10.6. The molecule has 2 rings (SSSR count). The molecule has 1 N–H and O–H groups in total. The molecular weight excluding hydrogens is 236 g/mol. The van der Waals surface area contributed by atoms with Gasteiger partial charge in [0.25, 0.3) is 5.56 Å². The van der Waals surface area contributed by atoms with E-state index in [1.807, 2.05) is 25.3 Å². The van der Waals surface area contributed by atoms with Crippen LogP contribution in [0.5, 0.6) is 0 Å². The SMILES string of the molecule is CCOCc1nc(-c2sccc2C)cc(=O)[nH]1. The summed E-state index contributed by atoms with van der Waals surface area (Å²) >= 11 is 1.59. The number of aromatic nitrogens is 2. The second-order valence-electron chi connectivity index (χ2n) is 3.65. The number of nitrogens with zero attached hydrogens (tertiary/aromatic N) is 1. The van der Waals surface area contributed by atoms with Crippen molar-refractivity contribution in [3.63, 3.8) is 0 Å². The van der Waals surface area contributed by atoms with Gasteiger partial charge in [-0.1, -0.05) is 0 Å². The molecular formula is C12H14N2O2S. The van der Waals surface area contributed by atoms with Gasteiger partial charge in [-0.2, -0.15) is 0 Å². The Balaban J connectivity index is 2.38. The number of aryl methyl sites for hydroxylation is 1. The first-order chi connectivity index (χ1) is 8.20. The first-order valence-corrected chi connectivity index (χ1v) is 6.31. The summed E-state index contributed by atoms with van der Waals surface area (Å²) in [5.41, 5.74) is 1.71. The molecule has 0 fully saturated rings. The van der Waals surface area contributed by atoms with E-state index in [0.29, 0.717) is 19.0 Å². The van der Waals surface area contributed by atoms with E-state index in [1.165, 1.54) is 6.07 Å². The second-order valence-corrected chi connectivity index (χ2v) is 4.56. The predicted molar refractivity (Wildman–Crippen MR) is 68.2 cm³/mol. The molecule has 2 heterocycles. The van der Waals surface area contributed by atoms with Crippen molar-refractivity contribution in [1.29, 1.82) is 0 Å². The third-order valence-corrected chi connectivity index (χ3v) is 3.37. The molecule has 0 spiro atoms. The second kappa shape index (κ2) is 5.25. The van der Waals surface area contributed by atoms with Gasteiger partial charge in [-0.15, -0.1) is 11.3 Å². The molecule has 0 aliphatic heterocycles. The van der Waals surface area contributed by atoms with Crippen molar-refractivity contribution in [3.05, 3.63) is 39.3 Å². The Hall–Kier alpha value is -1.46. The van der Waals surface area contributed by atoms with Crippen LogP contribution in [0.15, 0.2) is 22.3 Å². The van der Waals surface area contributed by atoms with Crippen molar-refractivity contribution < 1.29 is 4.74 Å². The van der Waals surface area contributed by atoms with Gasteiger partial charge in [-0.3, -0.25) is 4.79 Å². The minimum Gasteiger partial charge on any atom is -0.374 e. The van der Waals surface area contributed by atoms with Crippen molar-refractivity contribution >= 4 is 11.3 Å². The Morgan fingerprint density at radius 3 is 3.00 bits per heavy atom. The van der Waals surface area contributed by atoms with E-state index in [-0.39, 0.29) is 5.56 Å². The summed E-state index contributed by atoms with van der Waals surface area (Å²) in [6, 6.07) is 3.54. The van der Waals surface area contributed by atoms with Gasteiger partial charge >= 0.3 is 0 Å². The third kappa shape index (κ3) is 2.81. The number of H-pyrrole nitrogens is 1. The van der Waals surface area contributed by atoms with Gasteiger partial charge in [0.1, 0.15) is 12.4 Å². The minimum absolute atomic E-state index is 0.141. The lowest BCUT2D eigenvalue weighted by Gasteiger charge is -2.03. The highest BCUT2D eigenvalue weighted by Crippen LogP contribution is 2.26. The average molecular weight is 250 g/mol. The van der Waals surface area contributed by atoms with E-state index in [4.69, 9.17) is 4.74 Å². The predicted octanol–water partition coefficient (Wildman–Crippen LogP) is 2.34. The smallest absolute Gasteiger partial charge is 0.251 e. The van der Waals surface area contributed by atoms with E-state index >= 15 is 0 Å². The van der Waals surface area contributed by atoms with Crippen LogP contribution in [0.4, 0.5) is 0 Å². The van der Waals surface area contributed by atoms with Crippen molar-refractivity contribution in [2.75, 3.05) is 6.61 Å². The standard InChI is InChI=1S/C12H14N2O2S/c1-3-16-7-10-13-9(6-11(15)14-10)12-8(2)4-5-17-12/h4-6H,3,7H2,1-2H3,(H,13,14,15). The Morgan fingerprint density at radius 2 is 2.35 bits per heavy atom. The van der Waals surface area contributed by atoms with Crippen LogP contribution in [0.3, 0.4) is 0 Å². The van der Waals surface area contributed by atoms with Gasteiger partial charge in [-0.25, -0.2) is 4.98 Å². The molecule has 0 unspecified atom stereocenters. The normalized spacial score (nSPS) is 10.7. The molecule has 0 aliphatic rings. The molecule has 90 valence electrons. The highest BCUT2D eigenvalue weighted by Gasteiger charge is 2.07. The minimum atomic E-state index is -0.141. The topological polar surface area (TPSA) is 55.0 Å². The van der Waals surface area contributed by atoms with Crippen LogP contribution in [-0.4, -0.2) is 16.6 Å². The number of hydrogen-bond acceptors (Lipinski definition) is 4. The number of nitrogens with one attached hydrogen (secondary N) is 1. The Bertz CT molecular complexity index is 560. The lowest BCUT2D eigenvalue weighted by molar-refractivity contribution is 0.128. The summed E-state index contributed by atoms with van der Waals surface area (Å²) in [7, 11) is 0. The first-order valence-electron chi connectivity index (χ1n) is 5.43. The van der Waals surface area contributed by atoms with Gasteiger partial charge in [0.05, 0.1) is 10.6 Å². The van der Waals surface area contributed by atoms with Crippen LogP contribution < -0.4 is 5.56 Å². The summed E-state index contributed by atoms with van der Waals surface area (Å²) in [6.07, 6.45) is 0. The quantitative estimate of drug-likeness (QED) is 0.906. The molecule has 0 aliphatic carbocycles. The maximum Gasteiger partial charge on any atom is 0.251 e. The average Bonchev–Trinajstić information content (AvgIpc) is 2.72. The molecule has 17 heavy (non-hydrogen) atoms. The maximum atomic E-state index is 11.5. The fourth-order valence-corrected chi connectivity index (χ4v) is 2.41. The van der Waals surface area contributed by atoms with E-state index < -0.39 is 0 Å². The maximum absolute atomic E-state index is 11.5. The number of rotatable bonds is 4. The highest BCUT2D eigenvalue weighted by molar-refractivity contribution is 7.13. The molecule has 5 heteroatoms. The monoisotopic (exact) mass is 250 g/mol. The number of thiophene rings is 1. The molecule has 0 atom stereocenters. The fraction of sp³-hybridized carbons (Fsp3) is 0.333. The summed E-state index contributed by atoms with van der Waals surface area (Å²) in [6.45, 7) is 4.86.